The summed E-state index contributed by atoms with van der Waals surface area (Å²) in [5, 5.41) is 21.4. The first-order valence-corrected chi connectivity index (χ1v) is 8.61. The molecule has 124 valence electrons. The van der Waals surface area contributed by atoms with Crippen LogP contribution in [0.4, 0.5) is 0 Å². The van der Waals surface area contributed by atoms with Crippen LogP contribution in [0.3, 0.4) is 0 Å². The van der Waals surface area contributed by atoms with Crippen molar-refractivity contribution in [2.45, 2.75) is 6.54 Å². The van der Waals surface area contributed by atoms with Crippen LogP contribution < -0.4 is 0 Å². The molecule has 0 bridgehead atoms. The highest BCUT2D eigenvalue weighted by Gasteiger charge is 2.11. The number of aromatic nitrogens is 5. The monoisotopic (exact) mass is 444 g/mol. The first kappa shape index (κ1) is 15.8. The lowest BCUT2D eigenvalue weighted by Crippen LogP contribution is -1.99. The molecule has 0 fully saturated rings. The molecule has 0 spiro atoms. The van der Waals surface area contributed by atoms with Gasteiger partial charge in [0.25, 0.3) is 0 Å². The molecular weight excluding hydrogens is 431 g/mol. The van der Waals surface area contributed by atoms with E-state index in [2.05, 4.69) is 43.0 Å². The third kappa shape index (κ3) is 3.00. The minimum Gasteiger partial charge on any atom is -0.411 e. The molecule has 0 saturated carbocycles. The lowest BCUT2D eigenvalue weighted by Gasteiger charge is -2.02. The Kier molecular flexibility index (Phi) is 4.18. The molecule has 25 heavy (non-hydrogen) atoms. The van der Waals surface area contributed by atoms with Crippen molar-refractivity contribution >= 4 is 39.8 Å². The molecular formula is C17H13IN6O. The Bertz CT molecular complexity index is 1070. The zero-order valence-electron chi connectivity index (χ0n) is 13.0. The SMILES string of the molecule is O/N=C/c1cn(Cc2cn(-c3ccccc3I)nn2)c2ncccc12. The third-order valence-corrected chi connectivity index (χ3v) is 4.75. The van der Waals surface area contributed by atoms with Gasteiger partial charge < -0.3 is 9.77 Å². The molecule has 0 radical (unpaired) electrons. The zero-order chi connectivity index (χ0) is 17.2. The summed E-state index contributed by atoms with van der Waals surface area (Å²) in [6.07, 6.45) is 6.94. The van der Waals surface area contributed by atoms with Crippen LogP contribution in [0.2, 0.25) is 0 Å². The van der Waals surface area contributed by atoms with E-state index in [1.54, 1.807) is 10.9 Å². The van der Waals surface area contributed by atoms with Gasteiger partial charge in [0.2, 0.25) is 0 Å². The van der Waals surface area contributed by atoms with Gasteiger partial charge in [0.05, 0.1) is 24.6 Å². The minimum absolute atomic E-state index is 0.524. The fourth-order valence-corrected chi connectivity index (χ4v) is 3.37. The number of rotatable bonds is 4. The smallest absolute Gasteiger partial charge is 0.140 e. The van der Waals surface area contributed by atoms with Gasteiger partial charge in [-0.15, -0.1) is 5.10 Å². The number of halogens is 1. The normalized spacial score (nSPS) is 11.6. The quantitative estimate of drug-likeness (QED) is 0.227. The van der Waals surface area contributed by atoms with Gasteiger partial charge >= 0.3 is 0 Å². The highest BCUT2D eigenvalue weighted by atomic mass is 127. The van der Waals surface area contributed by atoms with E-state index >= 15 is 0 Å². The van der Waals surface area contributed by atoms with Crippen molar-refractivity contribution in [2.24, 2.45) is 5.16 Å². The van der Waals surface area contributed by atoms with Crippen molar-refractivity contribution in [3.8, 4) is 5.69 Å². The summed E-state index contributed by atoms with van der Waals surface area (Å²) in [5.74, 6) is 0. The number of benzene rings is 1. The fraction of sp³-hybridized carbons (Fsp3) is 0.0588. The van der Waals surface area contributed by atoms with Crippen LogP contribution in [-0.4, -0.2) is 36.0 Å². The molecule has 4 rings (SSSR count). The van der Waals surface area contributed by atoms with Crippen molar-refractivity contribution in [2.75, 3.05) is 0 Å². The Morgan fingerprint density at radius 3 is 2.88 bits per heavy atom. The fourth-order valence-electron chi connectivity index (χ4n) is 2.74. The second-order valence-electron chi connectivity index (χ2n) is 5.44. The molecule has 8 heteroatoms. The van der Waals surface area contributed by atoms with E-state index in [9.17, 15) is 0 Å². The van der Waals surface area contributed by atoms with E-state index in [1.165, 1.54) is 6.21 Å². The molecule has 0 saturated heterocycles. The average molecular weight is 444 g/mol. The van der Waals surface area contributed by atoms with Crippen LogP contribution >= 0.6 is 22.6 Å². The molecule has 1 aromatic carbocycles. The number of hydrogen-bond donors (Lipinski definition) is 1. The molecule has 0 unspecified atom stereocenters. The van der Waals surface area contributed by atoms with Crippen molar-refractivity contribution < 1.29 is 5.21 Å². The van der Waals surface area contributed by atoms with Gasteiger partial charge in [-0.2, -0.15) is 0 Å². The molecule has 3 heterocycles. The summed E-state index contributed by atoms with van der Waals surface area (Å²) in [6.45, 7) is 0.524. The maximum Gasteiger partial charge on any atom is 0.140 e. The van der Waals surface area contributed by atoms with Crippen molar-refractivity contribution in [3.05, 3.63) is 69.8 Å². The summed E-state index contributed by atoms with van der Waals surface area (Å²) in [5.41, 5.74) is 3.41. The van der Waals surface area contributed by atoms with Gasteiger partial charge in [-0.3, -0.25) is 0 Å². The number of hydrogen-bond acceptors (Lipinski definition) is 5. The summed E-state index contributed by atoms with van der Waals surface area (Å²) in [7, 11) is 0. The maximum absolute atomic E-state index is 8.85. The zero-order valence-corrected chi connectivity index (χ0v) is 15.1. The number of oxime groups is 1. The maximum atomic E-state index is 8.85. The van der Waals surface area contributed by atoms with Gasteiger partial charge in [0, 0.05) is 26.9 Å². The summed E-state index contributed by atoms with van der Waals surface area (Å²) in [4.78, 5) is 4.42. The summed E-state index contributed by atoms with van der Waals surface area (Å²) in [6, 6.07) is 11.8. The van der Waals surface area contributed by atoms with Crippen molar-refractivity contribution in [1.82, 2.24) is 24.5 Å². The van der Waals surface area contributed by atoms with Crippen molar-refractivity contribution in [3.63, 3.8) is 0 Å². The largest absolute Gasteiger partial charge is 0.411 e. The van der Waals surface area contributed by atoms with Crippen LogP contribution in [0.15, 0.2) is 60.1 Å². The average Bonchev–Trinajstić information content (AvgIpc) is 3.22. The Morgan fingerprint density at radius 2 is 2.04 bits per heavy atom. The highest BCUT2D eigenvalue weighted by molar-refractivity contribution is 14.1. The standard InChI is InChI=1S/C17H13IN6O/c18-15-5-1-2-6-16(15)24-11-13(21-22-24)10-23-9-12(8-20-25)14-4-3-7-19-17(14)23/h1-9,11,25H,10H2/b20-8+. The van der Waals surface area contributed by atoms with Gasteiger partial charge in [-0.05, 0) is 46.9 Å². The van der Waals surface area contributed by atoms with Gasteiger partial charge in [-0.1, -0.05) is 22.5 Å². The number of pyridine rings is 1. The molecule has 0 atom stereocenters. The third-order valence-electron chi connectivity index (χ3n) is 3.83. The molecule has 7 nitrogen and oxygen atoms in total. The topological polar surface area (TPSA) is 81.1 Å². The predicted octanol–water partition coefficient (Wildman–Crippen LogP) is 3.08. The summed E-state index contributed by atoms with van der Waals surface area (Å²) < 4.78 is 4.84. The molecule has 1 N–H and O–H groups in total. The summed E-state index contributed by atoms with van der Waals surface area (Å²) >= 11 is 2.28. The van der Waals surface area contributed by atoms with Crippen LogP contribution in [0.5, 0.6) is 0 Å². The molecule has 0 aliphatic carbocycles. The van der Waals surface area contributed by atoms with E-state index in [1.807, 2.05) is 53.4 Å². The van der Waals surface area contributed by atoms with E-state index < -0.39 is 0 Å². The number of para-hydroxylation sites is 1. The highest BCUT2D eigenvalue weighted by Crippen LogP contribution is 2.20. The molecule has 3 aromatic heterocycles. The molecule has 0 aliphatic heterocycles. The first-order chi connectivity index (χ1) is 12.3. The van der Waals surface area contributed by atoms with Crippen LogP contribution in [0.1, 0.15) is 11.3 Å². The molecule has 4 aromatic rings. The molecule has 0 amide bonds. The molecule has 0 aliphatic rings. The minimum atomic E-state index is 0.524. The first-order valence-electron chi connectivity index (χ1n) is 7.53. The Balaban J connectivity index is 1.70. The van der Waals surface area contributed by atoms with Crippen LogP contribution in [0, 0.1) is 3.57 Å². The lowest BCUT2D eigenvalue weighted by atomic mass is 10.2. The van der Waals surface area contributed by atoms with Gasteiger partial charge in [0.15, 0.2) is 0 Å². The van der Waals surface area contributed by atoms with Gasteiger partial charge in [-0.25, -0.2) is 9.67 Å². The second kappa shape index (κ2) is 6.63. The van der Waals surface area contributed by atoms with E-state index in [-0.39, 0.29) is 0 Å². The lowest BCUT2D eigenvalue weighted by molar-refractivity contribution is 0.322. The van der Waals surface area contributed by atoms with Crippen LogP contribution in [-0.2, 0) is 6.54 Å². The number of fused-ring (bicyclic) bond motifs is 1. The van der Waals surface area contributed by atoms with E-state index in [0.29, 0.717) is 6.54 Å². The van der Waals surface area contributed by atoms with E-state index in [4.69, 9.17) is 5.21 Å². The van der Waals surface area contributed by atoms with Crippen molar-refractivity contribution in [1.29, 1.82) is 0 Å². The Morgan fingerprint density at radius 1 is 1.16 bits per heavy atom. The van der Waals surface area contributed by atoms with Gasteiger partial charge in [0.1, 0.15) is 11.3 Å². The van der Waals surface area contributed by atoms with E-state index in [0.717, 1.165) is 31.5 Å². The number of nitrogens with zero attached hydrogens (tertiary/aromatic N) is 6. The van der Waals surface area contributed by atoms with Crippen LogP contribution in [0.25, 0.3) is 16.7 Å². The Labute approximate surface area is 156 Å². The Hall–Kier alpha value is -2.75. The second-order valence-corrected chi connectivity index (χ2v) is 6.60. The predicted molar refractivity (Wildman–Crippen MR) is 102 cm³/mol.